The molecule has 4 heterocycles. The van der Waals surface area contributed by atoms with Crippen molar-refractivity contribution in [2.24, 2.45) is 0 Å². The fourth-order valence-electron chi connectivity index (χ4n) is 4.50. The van der Waals surface area contributed by atoms with Gasteiger partial charge in [0.1, 0.15) is 12.4 Å². The van der Waals surface area contributed by atoms with Gasteiger partial charge < -0.3 is 19.3 Å². The maximum atomic E-state index is 12.9. The Bertz CT molecular complexity index is 1060. The van der Waals surface area contributed by atoms with Gasteiger partial charge in [-0.3, -0.25) is 4.79 Å². The van der Waals surface area contributed by atoms with Crippen molar-refractivity contribution in [2.45, 2.75) is 32.7 Å². The molecule has 2 saturated heterocycles. The fraction of sp³-hybridized carbons (Fsp3) is 0.478. The first-order valence-corrected chi connectivity index (χ1v) is 11.2. The van der Waals surface area contributed by atoms with E-state index >= 15 is 0 Å². The quantitative estimate of drug-likeness (QED) is 0.647. The van der Waals surface area contributed by atoms with Crippen LogP contribution in [0.15, 0.2) is 36.7 Å². The van der Waals surface area contributed by atoms with Gasteiger partial charge in [-0.15, -0.1) is 0 Å². The largest absolute Gasteiger partial charge is 0.356 e. The van der Waals surface area contributed by atoms with Gasteiger partial charge in [-0.05, 0) is 38.3 Å². The smallest absolute Gasteiger partial charge is 0.242 e. The molecule has 1 aromatic carbocycles. The van der Waals surface area contributed by atoms with Gasteiger partial charge in [0.05, 0.1) is 17.4 Å². The molecule has 0 bridgehead atoms. The van der Waals surface area contributed by atoms with Crippen molar-refractivity contribution in [3.63, 3.8) is 0 Å². The molecular formula is C23H29N7O. The Morgan fingerprint density at radius 1 is 0.935 bits per heavy atom. The van der Waals surface area contributed by atoms with Gasteiger partial charge in [0, 0.05) is 51.0 Å². The summed E-state index contributed by atoms with van der Waals surface area (Å²) in [7, 11) is 0. The highest BCUT2D eigenvalue weighted by Gasteiger charge is 2.24. The summed E-state index contributed by atoms with van der Waals surface area (Å²) in [5.41, 5.74) is 2.91. The van der Waals surface area contributed by atoms with Crippen molar-refractivity contribution >= 4 is 28.7 Å². The van der Waals surface area contributed by atoms with E-state index < -0.39 is 0 Å². The molecule has 3 aromatic rings. The Balaban J connectivity index is 1.23. The number of amides is 1. The van der Waals surface area contributed by atoms with E-state index in [4.69, 9.17) is 4.98 Å². The molecule has 0 spiro atoms. The van der Waals surface area contributed by atoms with Crippen LogP contribution in [0.3, 0.4) is 0 Å². The van der Waals surface area contributed by atoms with Gasteiger partial charge in [0.2, 0.25) is 11.9 Å². The second-order valence-corrected chi connectivity index (χ2v) is 8.44. The lowest BCUT2D eigenvalue weighted by atomic mass is 10.1. The zero-order valence-electron chi connectivity index (χ0n) is 18.1. The van der Waals surface area contributed by atoms with E-state index in [2.05, 4.69) is 25.8 Å². The average molecular weight is 420 g/mol. The molecule has 31 heavy (non-hydrogen) atoms. The molecule has 2 aromatic heterocycles. The lowest BCUT2D eigenvalue weighted by molar-refractivity contribution is -0.132. The molecule has 8 heteroatoms. The summed E-state index contributed by atoms with van der Waals surface area (Å²) in [6.45, 7) is 7.36. The van der Waals surface area contributed by atoms with Gasteiger partial charge in [-0.25, -0.2) is 9.97 Å². The van der Waals surface area contributed by atoms with Crippen molar-refractivity contribution in [3.8, 4) is 0 Å². The summed E-state index contributed by atoms with van der Waals surface area (Å²) in [4.78, 5) is 33.3. The zero-order chi connectivity index (χ0) is 21.2. The highest BCUT2D eigenvalue weighted by Crippen LogP contribution is 2.22. The lowest BCUT2D eigenvalue weighted by Crippen LogP contribution is -2.50. The van der Waals surface area contributed by atoms with E-state index in [-0.39, 0.29) is 5.91 Å². The summed E-state index contributed by atoms with van der Waals surface area (Å²) in [5.74, 6) is 1.95. The molecule has 8 nitrogen and oxygen atoms in total. The number of piperazine rings is 1. The van der Waals surface area contributed by atoms with Crippen molar-refractivity contribution in [3.05, 3.63) is 42.4 Å². The number of nitrogens with zero attached hydrogens (tertiary/aromatic N) is 7. The van der Waals surface area contributed by atoms with Crippen LogP contribution in [0.4, 0.5) is 11.8 Å². The topological polar surface area (TPSA) is 70.4 Å². The number of rotatable bonds is 4. The normalized spacial score (nSPS) is 17.4. The van der Waals surface area contributed by atoms with Gasteiger partial charge in [-0.1, -0.05) is 12.1 Å². The molecule has 1 amide bonds. The van der Waals surface area contributed by atoms with Crippen molar-refractivity contribution in [2.75, 3.05) is 49.1 Å². The highest BCUT2D eigenvalue weighted by atomic mass is 16.2. The number of aryl methyl sites for hydroxylation is 1. The monoisotopic (exact) mass is 419 g/mol. The van der Waals surface area contributed by atoms with Gasteiger partial charge in [0.25, 0.3) is 0 Å². The molecule has 0 unspecified atom stereocenters. The molecule has 162 valence electrons. The van der Waals surface area contributed by atoms with Crippen molar-refractivity contribution in [1.82, 2.24) is 24.4 Å². The Kier molecular flexibility index (Phi) is 5.44. The minimum atomic E-state index is 0.127. The molecule has 0 N–H and O–H groups in total. The number of piperidine rings is 1. The zero-order valence-corrected chi connectivity index (χ0v) is 18.1. The SMILES string of the molecule is Cc1cc(N2CCCCC2)nc(N2CCN(C(=O)Cn3cnc4ccccc43)CC2)n1. The molecule has 0 aliphatic carbocycles. The van der Waals surface area contributed by atoms with Crippen LogP contribution in [0.1, 0.15) is 25.0 Å². The first kappa shape index (κ1) is 19.8. The summed E-state index contributed by atoms with van der Waals surface area (Å²) in [6.07, 6.45) is 5.51. The number of anilines is 2. The fourth-order valence-corrected chi connectivity index (χ4v) is 4.50. The standard InChI is InChI=1S/C23H29N7O/c1-18-15-21(27-9-5-2-6-10-27)26-23(25-18)29-13-11-28(12-14-29)22(31)16-30-17-24-19-7-3-4-8-20(19)30/h3-4,7-8,15,17H,2,5-6,9-14,16H2,1H3. The Hall–Kier alpha value is -3.16. The third kappa shape index (κ3) is 4.19. The molecular weight excluding hydrogens is 390 g/mol. The summed E-state index contributed by atoms with van der Waals surface area (Å²) >= 11 is 0. The number of aromatic nitrogens is 4. The van der Waals surface area contributed by atoms with Crippen LogP contribution in [-0.4, -0.2) is 69.6 Å². The second-order valence-electron chi connectivity index (χ2n) is 8.44. The number of imidazole rings is 1. The van der Waals surface area contributed by atoms with Gasteiger partial charge in [0.15, 0.2) is 0 Å². The van der Waals surface area contributed by atoms with E-state index in [0.717, 1.165) is 54.7 Å². The van der Waals surface area contributed by atoms with Crippen LogP contribution in [0.2, 0.25) is 0 Å². The Morgan fingerprint density at radius 3 is 2.52 bits per heavy atom. The van der Waals surface area contributed by atoms with Crippen molar-refractivity contribution < 1.29 is 4.79 Å². The molecule has 5 rings (SSSR count). The molecule has 2 aliphatic rings. The molecule has 2 fully saturated rings. The number of fused-ring (bicyclic) bond motifs is 1. The summed E-state index contributed by atoms with van der Waals surface area (Å²) in [5, 5.41) is 0. The number of hydrogen-bond donors (Lipinski definition) is 0. The predicted octanol–water partition coefficient (Wildman–Crippen LogP) is 2.47. The first-order valence-electron chi connectivity index (χ1n) is 11.2. The number of hydrogen-bond acceptors (Lipinski definition) is 6. The van der Waals surface area contributed by atoms with Crippen LogP contribution < -0.4 is 9.80 Å². The maximum Gasteiger partial charge on any atom is 0.242 e. The minimum absolute atomic E-state index is 0.127. The van der Waals surface area contributed by atoms with Crippen LogP contribution in [0.25, 0.3) is 11.0 Å². The first-order chi connectivity index (χ1) is 15.2. The number of carbonyl (C=O) groups excluding carboxylic acids is 1. The number of carbonyl (C=O) groups is 1. The van der Waals surface area contributed by atoms with Crippen LogP contribution >= 0.6 is 0 Å². The third-order valence-electron chi connectivity index (χ3n) is 6.26. The van der Waals surface area contributed by atoms with Crippen LogP contribution in [-0.2, 0) is 11.3 Å². The number of benzene rings is 1. The predicted molar refractivity (Wildman–Crippen MR) is 121 cm³/mol. The lowest BCUT2D eigenvalue weighted by Gasteiger charge is -2.35. The highest BCUT2D eigenvalue weighted by molar-refractivity contribution is 5.80. The minimum Gasteiger partial charge on any atom is -0.356 e. The van der Waals surface area contributed by atoms with E-state index in [1.54, 1.807) is 6.33 Å². The second kappa shape index (κ2) is 8.53. The Morgan fingerprint density at radius 2 is 1.71 bits per heavy atom. The molecule has 0 radical (unpaired) electrons. The van der Waals surface area contributed by atoms with E-state index in [0.29, 0.717) is 19.6 Å². The number of para-hydroxylation sites is 2. The molecule has 2 aliphatic heterocycles. The molecule has 0 saturated carbocycles. The molecule has 0 atom stereocenters. The van der Waals surface area contributed by atoms with Gasteiger partial charge in [-0.2, -0.15) is 4.98 Å². The van der Waals surface area contributed by atoms with Crippen LogP contribution in [0.5, 0.6) is 0 Å². The van der Waals surface area contributed by atoms with E-state index in [9.17, 15) is 4.79 Å². The maximum absolute atomic E-state index is 12.9. The average Bonchev–Trinajstić information content (AvgIpc) is 3.22. The van der Waals surface area contributed by atoms with E-state index in [1.165, 1.54) is 19.3 Å². The summed E-state index contributed by atoms with van der Waals surface area (Å²) < 4.78 is 1.93. The van der Waals surface area contributed by atoms with Gasteiger partial charge >= 0.3 is 0 Å². The van der Waals surface area contributed by atoms with E-state index in [1.807, 2.05) is 40.7 Å². The Labute approximate surface area is 182 Å². The van der Waals surface area contributed by atoms with Crippen LogP contribution in [0, 0.1) is 6.92 Å². The third-order valence-corrected chi connectivity index (χ3v) is 6.26. The van der Waals surface area contributed by atoms with Crippen molar-refractivity contribution in [1.29, 1.82) is 0 Å². The summed E-state index contributed by atoms with van der Waals surface area (Å²) in [6, 6.07) is 10.00.